The molecule has 6 aliphatic carbocycles. The van der Waals surface area contributed by atoms with Gasteiger partial charge in [0.05, 0.1) is 5.92 Å². The maximum absolute atomic E-state index is 13.3. The highest BCUT2D eigenvalue weighted by Crippen LogP contribution is 2.75. The van der Waals surface area contributed by atoms with Gasteiger partial charge in [-0.1, -0.05) is 60.6 Å². The molecule has 0 aromatic carbocycles. The zero-order valence-electron chi connectivity index (χ0n) is 26.2. The third-order valence-electron chi connectivity index (χ3n) is 14.2. The Balaban J connectivity index is 1.36. The second-order valence-electron chi connectivity index (χ2n) is 16.4. The third kappa shape index (κ3) is 3.59. The molecule has 6 rings (SSSR count). The van der Waals surface area contributed by atoms with Crippen molar-refractivity contribution in [2.75, 3.05) is 0 Å². The highest BCUT2D eigenvalue weighted by molar-refractivity contribution is 6.01. The Morgan fingerprint density at radius 1 is 0.950 bits per heavy atom. The zero-order valence-corrected chi connectivity index (χ0v) is 26.2. The minimum Gasteiger partial charge on any atom is -0.481 e. The fourth-order valence-corrected chi connectivity index (χ4v) is 12.1. The van der Waals surface area contributed by atoms with E-state index in [4.69, 9.17) is 5.73 Å². The van der Waals surface area contributed by atoms with Crippen molar-refractivity contribution in [2.45, 2.75) is 125 Å². The van der Waals surface area contributed by atoms with Crippen molar-refractivity contribution >= 4 is 11.8 Å². The third-order valence-corrected chi connectivity index (χ3v) is 14.2. The van der Waals surface area contributed by atoms with Crippen molar-refractivity contribution in [2.24, 2.45) is 57.0 Å². The number of hydrogen-bond acceptors (Lipinski definition) is 3. The normalized spacial score (nSPS) is 46.2. The van der Waals surface area contributed by atoms with Gasteiger partial charge in [0.2, 0.25) is 0 Å². The molecule has 3 N–H and O–H groups in total. The van der Waals surface area contributed by atoms with Gasteiger partial charge >= 0.3 is 5.97 Å². The summed E-state index contributed by atoms with van der Waals surface area (Å²) < 4.78 is 0. The Hall–Kier alpha value is -1.68. The minimum atomic E-state index is -0.650. The lowest BCUT2D eigenvalue weighted by Crippen LogP contribution is -2.65. The molecule has 4 heteroatoms. The quantitative estimate of drug-likeness (QED) is 0.375. The van der Waals surface area contributed by atoms with Gasteiger partial charge in [-0.3, -0.25) is 9.59 Å². The Morgan fingerprint density at radius 3 is 2.30 bits per heavy atom. The van der Waals surface area contributed by atoms with Crippen LogP contribution in [0.2, 0.25) is 0 Å². The summed E-state index contributed by atoms with van der Waals surface area (Å²) >= 11 is 0. The molecule has 0 amide bonds. The van der Waals surface area contributed by atoms with Crippen molar-refractivity contribution in [3.63, 3.8) is 0 Å². The van der Waals surface area contributed by atoms with E-state index in [1.54, 1.807) is 0 Å². The number of carboxylic acids is 1. The molecule has 3 saturated carbocycles. The van der Waals surface area contributed by atoms with Crippen molar-refractivity contribution in [1.29, 1.82) is 0 Å². The smallest absolute Gasteiger partial charge is 0.306 e. The van der Waals surface area contributed by atoms with E-state index in [0.29, 0.717) is 36.4 Å². The van der Waals surface area contributed by atoms with Gasteiger partial charge in [-0.15, -0.1) is 0 Å². The van der Waals surface area contributed by atoms with Crippen molar-refractivity contribution < 1.29 is 14.7 Å². The van der Waals surface area contributed by atoms with Crippen molar-refractivity contribution in [3.05, 3.63) is 34.4 Å². The van der Waals surface area contributed by atoms with Crippen LogP contribution in [-0.2, 0) is 9.59 Å². The van der Waals surface area contributed by atoms with Crippen LogP contribution in [0.15, 0.2) is 34.4 Å². The van der Waals surface area contributed by atoms with Crippen LogP contribution in [0.3, 0.4) is 0 Å². The van der Waals surface area contributed by atoms with Gasteiger partial charge in [-0.25, -0.2) is 0 Å². The van der Waals surface area contributed by atoms with Gasteiger partial charge in [0.15, 0.2) is 5.78 Å². The molecule has 3 fully saturated rings. The Bertz CT molecular complexity index is 1240. The number of carbonyl (C=O) groups excluding carboxylic acids is 1. The van der Waals surface area contributed by atoms with E-state index in [-0.39, 0.29) is 33.5 Å². The molecule has 4 unspecified atom stereocenters. The van der Waals surface area contributed by atoms with Crippen molar-refractivity contribution in [3.8, 4) is 0 Å². The van der Waals surface area contributed by atoms with E-state index in [0.717, 1.165) is 44.1 Å². The maximum atomic E-state index is 13.3. The number of carboxylic acid groups (broad SMARTS) is 1. The first-order chi connectivity index (χ1) is 18.6. The van der Waals surface area contributed by atoms with Gasteiger partial charge in [-0.05, 0) is 132 Å². The summed E-state index contributed by atoms with van der Waals surface area (Å²) in [5.74, 6) is 1.38. The fourth-order valence-electron chi connectivity index (χ4n) is 12.1. The molecule has 0 aromatic heterocycles. The number of allylic oxidation sites excluding steroid dienone is 5. The van der Waals surface area contributed by atoms with Crippen molar-refractivity contribution in [1.82, 2.24) is 0 Å². The molecule has 0 aliphatic heterocycles. The molecule has 0 saturated heterocycles. The Morgan fingerprint density at radius 2 is 1.68 bits per heavy atom. The van der Waals surface area contributed by atoms with Gasteiger partial charge in [0.25, 0.3) is 0 Å². The highest BCUT2D eigenvalue weighted by atomic mass is 16.4. The summed E-state index contributed by atoms with van der Waals surface area (Å²) in [6.45, 7) is 17.2. The van der Waals surface area contributed by atoms with Crippen LogP contribution in [0.25, 0.3) is 0 Å². The molecule has 0 heterocycles. The molecule has 8 atom stereocenters. The Labute approximate surface area is 242 Å². The number of aliphatic carboxylic acids is 1. The number of carbonyl (C=O) groups is 2. The molecule has 0 spiro atoms. The van der Waals surface area contributed by atoms with Crippen LogP contribution in [-0.4, -0.2) is 22.4 Å². The summed E-state index contributed by atoms with van der Waals surface area (Å²) in [6.07, 6.45) is 15.7. The van der Waals surface area contributed by atoms with Crippen LogP contribution in [0.4, 0.5) is 0 Å². The predicted molar refractivity (Wildman–Crippen MR) is 160 cm³/mol. The first-order valence-electron chi connectivity index (χ1n) is 16.3. The minimum absolute atomic E-state index is 0.0815. The second-order valence-corrected chi connectivity index (χ2v) is 16.4. The van der Waals surface area contributed by atoms with E-state index in [2.05, 4.69) is 60.6 Å². The van der Waals surface area contributed by atoms with Gasteiger partial charge in [-0.2, -0.15) is 0 Å². The van der Waals surface area contributed by atoms with E-state index >= 15 is 0 Å². The maximum Gasteiger partial charge on any atom is 0.306 e. The monoisotopic (exact) mass is 547 g/mol. The lowest BCUT2D eigenvalue weighted by atomic mass is 9.33. The molecule has 0 bridgehead atoms. The number of hydrogen-bond donors (Lipinski definition) is 2. The summed E-state index contributed by atoms with van der Waals surface area (Å²) in [5, 5.41) is 9.51. The van der Waals surface area contributed by atoms with E-state index in [1.165, 1.54) is 36.0 Å². The summed E-state index contributed by atoms with van der Waals surface area (Å²) in [4.78, 5) is 24.8. The summed E-state index contributed by atoms with van der Waals surface area (Å²) in [6, 6.07) is 0. The Kier molecular flexibility index (Phi) is 6.34. The highest BCUT2D eigenvalue weighted by Gasteiger charge is 2.69. The van der Waals surface area contributed by atoms with Gasteiger partial charge < -0.3 is 10.8 Å². The molecule has 4 nitrogen and oxygen atoms in total. The largest absolute Gasteiger partial charge is 0.481 e. The van der Waals surface area contributed by atoms with Gasteiger partial charge in [0.1, 0.15) is 0 Å². The van der Waals surface area contributed by atoms with E-state index < -0.39 is 11.5 Å². The average molecular weight is 548 g/mol. The van der Waals surface area contributed by atoms with Crippen LogP contribution >= 0.6 is 0 Å². The number of rotatable bonds is 3. The standard InChI is InChI=1S/C36H53NO3/c1-21(2)29-26(38)20-36(37)19-18-34(6)25(30(29)36)12-13-28-33(5)16-14-24(22-8-10-23(11-9-22)31(39)40)32(3,4)27(33)15-17-35(28,34)7/h8,14,21,23,25,27-28H,9-13,15-20,37H2,1-7H3,(H,39,40)/t23?,25?,27?,28?,33-,34+,35+,36+/m0/s1. The molecule has 40 heavy (non-hydrogen) atoms. The lowest BCUT2D eigenvalue weighted by molar-refractivity contribution is -0.195. The van der Waals surface area contributed by atoms with Crippen LogP contribution in [0.1, 0.15) is 119 Å². The SMILES string of the molecule is CC(C)C1=C2C3CCC4[C@@]5(C)CC=C(C6=CCC(C(=O)O)CC6)C(C)(C)C5CC[C@@]4(C)[C@]3(C)CC[C@@]2(N)CC1=O. The van der Waals surface area contributed by atoms with Crippen LogP contribution in [0.5, 0.6) is 0 Å². The summed E-state index contributed by atoms with van der Waals surface area (Å²) in [7, 11) is 0. The molecule has 0 radical (unpaired) electrons. The lowest BCUT2D eigenvalue weighted by Gasteiger charge is -2.71. The molecule has 220 valence electrons. The molecule has 6 aliphatic rings. The van der Waals surface area contributed by atoms with E-state index in [9.17, 15) is 14.7 Å². The predicted octanol–water partition coefficient (Wildman–Crippen LogP) is 8.03. The fraction of sp³-hybridized carbons (Fsp3) is 0.778. The summed E-state index contributed by atoms with van der Waals surface area (Å²) in [5.41, 5.74) is 12.8. The zero-order chi connectivity index (χ0) is 29.0. The van der Waals surface area contributed by atoms with Gasteiger partial charge in [0, 0.05) is 12.0 Å². The van der Waals surface area contributed by atoms with Crippen LogP contribution in [0, 0.1) is 51.2 Å². The number of Topliss-reactive ketones (excluding diaryl/α,β-unsaturated/α-hetero) is 1. The molecule has 0 aromatic rings. The average Bonchev–Trinajstić information content (AvgIpc) is 3.14. The number of ketones is 1. The van der Waals surface area contributed by atoms with Crippen LogP contribution < -0.4 is 5.73 Å². The topological polar surface area (TPSA) is 80.4 Å². The first kappa shape index (κ1) is 28.4. The number of fused-ring (bicyclic) bond motifs is 7. The van der Waals surface area contributed by atoms with E-state index in [1.807, 2.05) is 0 Å². The first-order valence-corrected chi connectivity index (χ1v) is 16.3. The molecular formula is C36H53NO3. The second kappa shape index (κ2) is 8.91. The number of nitrogens with two attached hydrogens (primary N) is 1. The molecular weight excluding hydrogens is 494 g/mol.